The Bertz CT molecular complexity index is 807. The first-order valence-corrected chi connectivity index (χ1v) is 7.95. The monoisotopic (exact) mass is 364 g/mol. The molecule has 1 unspecified atom stereocenters. The number of aryl methyl sites for hydroxylation is 1. The summed E-state index contributed by atoms with van der Waals surface area (Å²) in [6.45, 7) is 0.500. The average molecular weight is 365 g/mol. The fourth-order valence-corrected chi connectivity index (χ4v) is 2.78. The van der Waals surface area contributed by atoms with E-state index >= 15 is 0 Å². The Kier molecular flexibility index (Phi) is 4.80. The van der Waals surface area contributed by atoms with Crippen molar-refractivity contribution in [2.75, 3.05) is 25.1 Å². The summed E-state index contributed by atoms with van der Waals surface area (Å²) in [5.41, 5.74) is 0.322. The summed E-state index contributed by atoms with van der Waals surface area (Å²) in [6, 6.07) is 6.51. The van der Waals surface area contributed by atoms with Gasteiger partial charge >= 0.3 is 6.09 Å². The molecule has 2 amide bonds. The van der Waals surface area contributed by atoms with Gasteiger partial charge in [0.1, 0.15) is 17.7 Å². The molecular weight excluding hydrogens is 348 g/mol. The first-order valence-electron chi connectivity index (χ1n) is 7.57. The molecule has 1 fully saturated rings. The van der Waals surface area contributed by atoms with Crippen molar-refractivity contribution in [1.29, 1.82) is 0 Å². The summed E-state index contributed by atoms with van der Waals surface area (Å²) in [7, 11) is 3.22. The molecule has 1 saturated heterocycles. The Morgan fingerprint density at radius 2 is 2.28 bits per heavy atom. The predicted octanol–water partition coefficient (Wildman–Crippen LogP) is 1.84. The van der Waals surface area contributed by atoms with Gasteiger partial charge in [0.25, 0.3) is 5.91 Å². The smallest absolute Gasteiger partial charge is 0.416 e. The summed E-state index contributed by atoms with van der Waals surface area (Å²) < 4.78 is 12.0. The number of anilines is 1. The molecule has 2 aromatic rings. The summed E-state index contributed by atoms with van der Waals surface area (Å²) in [5.74, 6) is 0.701. The van der Waals surface area contributed by atoms with E-state index in [1.54, 1.807) is 36.1 Å². The number of hydrogen-bond donors (Lipinski definition) is 1. The van der Waals surface area contributed by atoms with Crippen LogP contribution in [0.1, 0.15) is 10.4 Å². The van der Waals surface area contributed by atoms with Gasteiger partial charge in [-0.3, -0.25) is 14.4 Å². The molecule has 1 aromatic heterocycles. The summed E-state index contributed by atoms with van der Waals surface area (Å²) >= 11 is 5.94. The van der Waals surface area contributed by atoms with Crippen molar-refractivity contribution in [3.63, 3.8) is 0 Å². The second-order valence-electron chi connectivity index (χ2n) is 5.48. The number of ether oxygens (including phenoxy) is 2. The SMILES string of the molecule is COc1ccc(Cl)cc1C(=O)NCC1CN(c2ccnn2C)C(=O)O1. The average Bonchev–Trinajstić information content (AvgIpc) is 3.17. The van der Waals surface area contributed by atoms with Crippen molar-refractivity contribution in [2.45, 2.75) is 6.10 Å². The van der Waals surface area contributed by atoms with Crippen molar-refractivity contribution in [2.24, 2.45) is 7.05 Å². The van der Waals surface area contributed by atoms with Crippen LogP contribution < -0.4 is 15.0 Å². The van der Waals surface area contributed by atoms with Crippen molar-refractivity contribution in [3.05, 3.63) is 41.0 Å². The van der Waals surface area contributed by atoms with Crippen LogP contribution >= 0.6 is 11.6 Å². The van der Waals surface area contributed by atoms with Crippen LogP contribution in [0, 0.1) is 0 Å². The van der Waals surface area contributed by atoms with Crippen molar-refractivity contribution < 1.29 is 19.1 Å². The molecule has 1 aliphatic rings. The van der Waals surface area contributed by atoms with E-state index in [1.165, 1.54) is 18.1 Å². The van der Waals surface area contributed by atoms with Crippen LogP contribution in [-0.2, 0) is 11.8 Å². The van der Waals surface area contributed by atoms with Crippen LogP contribution in [0.2, 0.25) is 5.02 Å². The van der Waals surface area contributed by atoms with E-state index in [4.69, 9.17) is 21.1 Å². The van der Waals surface area contributed by atoms with Crippen LogP contribution in [0.15, 0.2) is 30.5 Å². The number of aromatic nitrogens is 2. The molecule has 25 heavy (non-hydrogen) atoms. The second-order valence-corrected chi connectivity index (χ2v) is 5.92. The molecule has 1 N–H and O–H groups in total. The van der Waals surface area contributed by atoms with Crippen LogP contribution in [0.4, 0.5) is 10.6 Å². The fraction of sp³-hybridized carbons (Fsp3) is 0.312. The highest BCUT2D eigenvalue weighted by molar-refractivity contribution is 6.31. The lowest BCUT2D eigenvalue weighted by molar-refractivity contribution is 0.0913. The highest BCUT2D eigenvalue weighted by atomic mass is 35.5. The third-order valence-corrected chi connectivity index (χ3v) is 4.08. The van der Waals surface area contributed by atoms with Gasteiger partial charge in [0, 0.05) is 18.1 Å². The second kappa shape index (κ2) is 7.02. The van der Waals surface area contributed by atoms with Gasteiger partial charge in [-0.1, -0.05) is 11.6 Å². The van der Waals surface area contributed by atoms with Gasteiger partial charge < -0.3 is 14.8 Å². The van der Waals surface area contributed by atoms with Gasteiger partial charge in [0.2, 0.25) is 0 Å². The molecule has 1 aliphatic heterocycles. The summed E-state index contributed by atoms with van der Waals surface area (Å²) in [6.07, 6.45) is 0.670. The number of rotatable bonds is 5. The van der Waals surface area contributed by atoms with Crippen molar-refractivity contribution in [1.82, 2.24) is 15.1 Å². The molecule has 0 saturated carbocycles. The van der Waals surface area contributed by atoms with E-state index in [-0.39, 0.29) is 12.5 Å². The van der Waals surface area contributed by atoms with Crippen LogP contribution in [0.5, 0.6) is 5.75 Å². The van der Waals surface area contributed by atoms with E-state index in [2.05, 4.69) is 10.4 Å². The maximum absolute atomic E-state index is 12.4. The van der Waals surface area contributed by atoms with Crippen LogP contribution in [-0.4, -0.2) is 48.1 Å². The lowest BCUT2D eigenvalue weighted by Gasteiger charge is -2.13. The number of benzene rings is 1. The number of cyclic esters (lactones) is 1. The number of nitrogens with one attached hydrogen (secondary N) is 1. The fourth-order valence-electron chi connectivity index (χ4n) is 2.61. The molecule has 0 radical (unpaired) electrons. The minimum absolute atomic E-state index is 0.175. The Morgan fingerprint density at radius 1 is 1.48 bits per heavy atom. The minimum Gasteiger partial charge on any atom is -0.496 e. The van der Waals surface area contributed by atoms with E-state index < -0.39 is 12.2 Å². The largest absolute Gasteiger partial charge is 0.496 e. The van der Waals surface area contributed by atoms with Gasteiger partial charge in [0.15, 0.2) is 0 Å². The number of nitrogens with zero attached hydrogens (tertiary/aromatic N) is 3. The zero-order valence-corrected chi connectivity index (χ0v) is 14.5. The van der Waals surface area contributed by atoms with Crippen molar-refractivity contribution >= 4 is 29.4 Å². The first kappa shape index (κ1) is 17.1. The molecule has 0 aliphatic carbocycles. The number of halogens is 1. The molecule has 1 aromatic carbocycles. The van der Waals surface area contributed by atoms with E-state index in [1.807, 2.05) is 0 Å². The predicted molar refractivity (Wildman–Crippen MR) is 91.2 cm³/mol. The number of carbonyl (C=O) groups is 2. The lowest BCUT2D eigenvalue weighted by atomic mass is 10.2. The Balaban J connectivity index is 1.63. The number of methoxy groups -OCH3 is 1. The topological polar surface area (TPSA) is 85.7 Å². The molecule has 1 atom stereocenters. The summed E-state index contributed by atoms with van der Waals surface area (Å²) in [4.78, 5) is 25.8. The van der Waals surface area contributed by atoms with Gasteiger partial charge in [-0.25, -0.2) is 4.79 Å². The standard InChI is InChI=1S/C16H17ClN4O4/c1-20-14(5-6-19-20)21-9-11(25-16(21)23)8-18-15(22)12-7-10(17)3-4-13(12)24-2/h3-7,11H,8-9H2,1-2H3,(H,18,22). The van der Waals surface area contributed by atoms with E-state index in [0.717, 1.165) is 0 Å². The highest BCUT2D eigenvalue weighted by Crippen LogP contribution is 2.23. The van der Waals surface area contributed by atoms with Crippen molar-refractivity contribution in [3.8, 4) is 5.75 Å². The van der Waals surface area contributed by atoms with E-state index in [9.17, 15) is 9.59 Å². The molecule has 0 spiro atoms. The number of amides is 2. The Morgan fingerprint density at radius 3 is 2.96 bits per heavy atom. The molecule has 2 heterocycles. The molecule has 3 rings (SSSR count). The third kappa shape index (κ3) is 3.53. The minimum atomic E-state index is -0.469. The molecule has 9 heteroatoms. The van der Waals surface area contributed by atoms with Gasteiger partial charge in [0.05, 0.1) is 32.0 Å². The highest BCUT2D eigenvalue weighted by Gasteiger charge is 2.34. The normalized spacial score (nSPS) is 16.7. The van der Waals surface area contributed by atoms with Gasteiger partial charge in [-0.2, -0.15) is 5.10 Å². The molecule has 0 bridgehead atoms. The van der Waals surface area contributed by atoms with E-state index in [0.29, 0.717) is 28.7 Å². The summed E-state index contributed by atoms with van der Waals surface area (Å²) in [5, 5.41) is 7.20. The lowest BCUT2D eigenvalue weighted by Crippen LogP contribution is -2.35. The maximum atomic E-state index is 12.4. The number of carbonyl (C=O) groups excluding carboxylic acids is 2. The molecular formula is C16H17ClN4O4. The van der Waals surface area contributed by atoms with Gasteiger partial charge in [-0.05, 0) is 18.2 Å². The number of hydrogen-bond acceptors (Lipinski definition) is 5. The first-order chi connectivity index (χ1) is 12.0. The van der Waals surface area contributed by atoms with Crippen LogP contribution in [0.3, 0.4) is 0 Å². The Labute approximate surface area is 149 Å². The third-order valence-electron chi connectivity index (χ3n) is 3.84. The van der Waals surface area contributed by atoms with Crippen LogP contribution in [0.25, 0.3) is 0 Å². The zero-order valence-electron chi connectivity index (χ0n) is 13.7. The zero-order chi connectivity index (χ0) is 18.0. The molecule has 8 nitrogen and oxygen atoms in total. The maximum Gasteiger partial charge on any atom is 0.416 e. The Hall–Kier alpha value is -2.74. The molecule has 132 valence electrons. The quantitative estimate of drug-likeness (QED) is 0.874. The van der Waals surface area contributed by atoms with Gasteiger partial charge in [-0.15, -0.1) is 0 Å².